The molecular weight excluding hydrogens is 190 g/mol. The van der Waals surface area contributed by atoms with E-state index in [0.717, 1.165) is 6.54 Å². The van der Waals surface area contributed by atoms with Gasteiger partial charge in [-0.05, 0) is 24.7 Å². The van der Waals surface area contributed by atoms with Crippen LogP contribution in [0.2, 0.25) is 0 Å². The van der Waals surface area contributed by atoms with Gasteiger partial charge in [-0.1, -0.05) is 13.3 Å². The van der Waals surface area contributed by atoms with Crippen LogP contribution in [0.15, 0.2) is 17.2 Å². The summed E-state index contributed by atoms with van der Waals surface area (Å²) in [5.74, 6) is 0.682. The van der Waals surface area contributed by atoms with Crippen LogP contribution in [0.1, 0.15) is 32.6 Å². The van der Waals surface area contributed by atoms with Crippen molar-refractivity contribution >= 4 is 5.82 Å². The summed E-state index contributed by atoms with van der Waals surface area (Å²) in [6.45, 7) is 3.16. The zero-order valence-electron chi connectivity index (χ0n) is 9.05. The SMILES string of the molecule is CCCC1(CNc2cc(=O)[nH]cn2)CC1. The molecule has 15 heavy (non-hydrogen) atoms. The number of hydrogen-bond donors (Lipinski definition) is 2. The van der Waals surface area contributed by atoms with E-state index < -0.39 is 0 Å². The number of nitrogens with zero attached hydrogens (tertiary/aromatic N) is 1. The van der Waals surface area contributed by atoms with Crippen molar-refractivity contribution in [1.29, 1.82) is 0 Å². The summed E-state index contributed by atoms with van der Waals surface area (Å²) in [5, 5.41) is 3.24. The quantitative estimate of drug-likeness (QED) is 0.773. The lowest BCUT2D eigenvalue weighted by atomic mass is 10.0. The Morgan fingerprint density at radius 1 is 1.60 bits per heavy atom. The van der Waals surface area contributed by atoms with Crippen LogP contribution < -0.4 is 10.9 Å². The maximum absolute atomic E-state index is 11.0. The number of rotatable bonds is 5. The van der Waals surface area contributed by atoms with Gasteiger partial charge in [0.2, 0.25) is 0 Å². The van der Waals surface area contributed by atoms with E-state index in [0.29, 0.717) is 11.2 Å². The topological polar surface area (TPSA) is 57.8 Å². The third-order valence-corrected chi connectivity index (χ3v) is 3.06. The molecule has 1 saturated carbocycles. The summed E-state index contributed by atoms with van der Waals surface area (Å²) in [6.07, 6.45) is 6.53. The minimum absolute atomic E-state index is 0.104. The van der Waals surface area contributed by atoms with Crippen molar-refractivity contribution in [3.05, 3.63) is 22.7 Å². The zero-order chi connectivity index (χ0) is 10.7. The molecule has 0 saturated heterocycles. The molecule has 1 aliphatic carbocycles. The highest BCUT2D eigenvalue weighted by Gasteiger charge is 2.41. The molecule has 2 N–H and O–H groups in total. The van der Waals surface area contributed by atoms with Gasteiger partial charge in [-0.15, -0.1) is 0 Å². The molecule has 0 bridgehead atoms. The van der Waals surface area contributed by atoms with E-state index in [9.17, 15) is 4.79 Å². The van der Waals surface area contributed by atoms with Crippen molar-refractivity contribution < 1.29 is 0 Å². The summed E-state index contributed by atoms with van der Waals surface area (Å²) in [6, 6.07) is 1.50. The van der Waals surface area contributed by atoms with E-state index in [2.05, 4.69) is 22.2 Å². The Bertz CT molecular complexity index is 381. The number of aromatic amines is 1. The molecule has 1 aliphatic rings. The molecule has 0 aromatic carbocycles. The second kappa shape index (κ2) is 4.04. The van der Waals surface area contributed by atoms with E-state index in [1.54, 1.807) is 0 Å². The summed E-state index contributed by atoms with van der Waals surface area (Å²) in [5.41, 5.74) is 0.381. The van der Waals surface area contributed by atoms with Gasteiger partial charge in [-0.3, -0.25) is 4.79 Å². The van der Waals surface area contributed by atoms with Gasteiger partial charge >= 0.3 is 0 Å². The molecule has 1 aromatic heterocycles. The number of aromatic nitrogens is 2. The van der Waals surface area contributed by atoms with Gasteiger partial charge in [0, 0.05) is 12.6 Å². The second-order valence-corrected chi connectivity index (χ2v) is 4.40. The molecule has 2 rings (SSSR count). The first-order valence-corrected chi connectivity index (χ1v) is 5.53. The third-order valence-electron chi connectivity index (χ3n) is 3.06. The Morgan fingerprint density at radius 3 is 3.00 bits per heavy atom. The van der Waals surface area contributed by atoms with Crippen molar-refractivity contribution in [2.75, 3.05) is 11.9 Å². The predicted molar refractivity (Wildman–Crippen MR) is 59.9 cm³/mol. The van der Waals surface area contributed by atoms with E-state index in [4.69, 9.17) is 0 Å². The first kappa shape index (κ1) is 10.2. The number of H-pyrrole nitrogens is 1. The lowest BCUT2D eigenvalue weighted by molar-refractivity contribution is 0.485. The van der Waals surface area contributed by atoms with Crippen LogP contribution in [-0.4, -0.2) is 16.5 Å². The molecule has 1 heterocycles. The molecule has 0 radical (unpaired) electrons. The normalized spacial score (nSPS) is 17.4. The number of hydrogen-bond acceptors (Lipinski definition) is 3. The van der Waals surface area contributed by atoms with Gasteiger partial charge in [0.15, 0.2) is 0 Å². The Labute approximate surface area is 89.1 Å². The molecule has 0 aliphatic heterocycles. The highest BCUT2D eigenvalue weighted by atomic mass is 16.1. The van der Waals surface area contributed by atoms with E-state index in [-0.39, 0.29) is 5.56 Å². The Kier molecular flexibility index (Phi) is 2.75. The minimum Gasteiger partial charge on any atom is -0.369 e. The average molecular weight is 207 g/mol. The monoisotopic (exact) mass is 207 g/mol. The lowest BCUT2D eigenvalue weighted by Gasteiger charge is -2.14. The van der Waals surface area contributed by atoms with Crippen molar-refractivity contribution in [2.45, 2.75) is 32.6 Å². The molecule has 1 aromatic rings. The van der Waals surface area contributed by atoms with E-state index >= 15 is 0 Å². The maximum atomic E-state index is 11.0. The van der Waals surface area contributed by atoms with Crippen LogP contribution >= 0.6 is 0 Å². The third kappa shape index (κ3) is 2.58. The number of nitrogens with one attached hydrogen (secondary N) is 2. The summed E-state index contributed by atoms with van der Waals surface area (Å²) < 4.78 is 0. The largest absolute Gasteiger partial charge is 0.369 e. The maximum Gasteiger partial charge on any atom is 0.252 e. The van der Waals surface area contributed by atoms with Gasteiger partial charge in [0.25, 0.3) is 5.56 Å². The van der Waals surface area contributed by atoms with Gasteiger partial charge < -0.3 is 10.3 Å². The molecule has 0 amide bonds. The molecule has 0 unspecified atom stereocenters. The smallest absolute Gasteiger partial charge is 0.252 e. The van der Waals surface area contributed by atoms with Crippen LogP contribution in [0.25, 0.3) is 0 Å². The first-order chi connectivity index (χ1) is 7.24. The minimum atomic E-state index is -0.104. The number of anilines is 1. The Morgan fingerprint density at radius 2 is 2.40 bits per heavy atom. The molecule has 1 fully saturated rings. The molecule has 4 heteroatoms. The highest BCUT2D eigenvalue weighted by Crippen LogP contribution is 2.49. The molecule has 0 atom stereocenters. The Hall–Kier alpha value is -1.32. The standard InChI is InChI=1S/C11H17N3O/c1-2-3-11(4-5-11)7-12-9-6-10(15)14-8-13-9/h6,8H,2-5,7H2,1H3,(H2,12,13,14,15). The predicted octanol–water partition coefficient (Wildman–Crippen LogP) is 1.76. The zero-order valence-corrected chi connectivity index (χ0v) is 9.05. The van der Waals surface area contributed by atoms with Gasteiger partial charge in [0.1, 0.15) is 5.82 Å². The fraction of sp³-hybridized carbons (Fsp3) is 0.636. The second-order valence-electron chi connectivity index (χ2n) is 4.40. The van der Waals surface area contributed by atoms with Crippen LogP contribution in [0, 0.1) is 5.41 Å². The van der Waals surface area contributed by atoms with Crippen molar-refractivity contribution in [3.8, 4) is 0 Å². The average Bonchev–Trinajstić information content (AvgIpc) is 2.97. The first-order valence-electron chi connectivity index (χ1n) is 5.53. The summed E-state index contributed by atoms with van der Waals surface area (Å²) in [4.78, 5) is 17.6. The fourth-order valence-corrected chi connectivity index (χ4v) is 1.97. The summed E-state index contributed by atoms with van der Waals surface area (Å²) in [7, 11) is 0. The lowest BCUT2D eigenvalue weighted by Crippen LogP contribution is -2.17. The van der Waals surface area contributed by atoms with Crippen LogP contribution in [-0.2, 0) is 0 Å². The highest BCUT2D eigenvalue weighted by molar-refractivity contribution is 5.32. The van der Waals surface area contributed by atoms with Crippen molar-refractivity contribution in [3.63, 3.8) is 0 Å². The molecule has 0 spiro atoms. The van der Waals surface area contributed by atoms with Gasteiger partial charge in [-0.2, -0.15) is 0 Å². The molecule has 82 valence electrons. The van der Waals surface area contributed by atoms with E-state index in [1.807, 2.05) is 0 Å². The van der Waals surface area contributed by atoms with E-state index in [1.165, 1.54) is 38.1 Å². The molecule has 4 nitrogen and oxygen atoms in total. The van der Waals surface area contributed by atoms with Gasteiger partial charge in [-0.25, -0.2) is 4.98 Å². The summed E-state index contributed by atoms with van der Waals surface area (Å²) >= 11 is 0. The van der Waals surface area contributed by atoms with Crippen LogP contribution in [0.4, 0.5) is 5.82 Å². The van der Waals surface area contributed by atoms with Crippen LogP contribution in [0.3, 0.4) is 0 Å². The van der Waals surface area contributed by atoms with Crippen molar-refractivity contribution in [2.24, 2.45) is 5.41 Å². The fourth-order valence-electron chi connectivity index (χ4n) is 1.97. The van der Waals surface area contributed by atoms with Gasteiger partial charge in [0.05, 0.1) is 6.33 Å². The van der Waals surface area contributed by atoms with Crippen molar-refractivity contribution in [1.82, 2.24) is 9.97 Å². The molecular formula is C11H17N3O. The Balaban J connectivity index is 1.91. The van der Waals surface area contributed by atoms with Crippen LogP contribution in [0.5, 0.6) is 0 Å².